The Morgan fingerprint density at radius 1 is 1.14 bits per heavy atom. The lowest BCUT2D eigenvalue weighted by molar-refractivity contribution is -0.144. The summed E-state index contributed by atoms with van der Waals surface area (Å²) in [5.41, 5.74) is 2.73. The maximum absolute atomic E-state index is 12.3. The molecule has 1 aromatic heterocycles. The molecule has 3 rings (SSSR count). The number of para-hydroxylation sites is 1. The number of methoxy groups -OCH3 is 2. The van der Waals surface area contributed by atoms with Gasteiger partial charge in [-0.15, -0.1) is 0 Å². The monoisotopic (exact) mass is 378 g/mol. The Bertz CT molecular complexity index is 1010. The number of benzene rings is 2. The van der Waals surface area contributed by atoms with E-state index in [4.69, 9.17) is 9.47 Å². The summed E-state index contributed by atoms with van der Waals surface area (Å²) in [5, 5.41) is 3.74. The molecule has 144 valence electrons. The summed E-state index contributed by atoms with van der Waals surface area (Å²) in [7, 11) is 2.89. The van der Waals surface area contributed by atoms with Crippen molar-refractivity contribution in [1.29, 1.82) is 0 Å². The fourth-order valence-corrected chi connectivity index (χ4v) is 2.99. The van der Waals surface area contributed by atoms with Crippen LogP contribution in [0.3, 0.4) is 0 Å². The Morgan fingerprint density at radius 2 is 1.96 bits per heavy atom. The highest BCUT2D eigenvalue weighted by Gasteiger charge is 2.22. The van der Waals surface area contributed by atoms with Crippen LogP contribution in [-0.2, 0) is 20.7 Å². The zero-order chi connectivity index (χ0) is 19.9. The second-order valence-electron chi connectivity index (χ2n) is 6.26. The molecule has 0 saturated carbocycles. The predicted molar refractivity (Wildman–Crippen MR) is 108 cm³/mol. The largest absolute Gasteiger partial charge is 0.497 e. The van der Waals surface area contributed by atoms with Crippen LogP contribution in [0.5, 0.6) is 5.75 Å². The Labute approximate surface area is 163 Å². The number of esters is 1. The molecule has 2 aromatic carbocycles. The number of carbonyl (C=O) groups is 2. The number of hydrogen-bond acceptors (Lipinski definition) is 4. The molecule has 1 heterocycles. The number of aromatic nitrogens is 1. The van der Waals surface area contributed by atoms with Gasteiger partial charge in [-0.05, 0) is 35.4 Å². The fraction of sp³-hybridized carbons (Fsp3) is 0.182. The molecular formula is C22H22N2O4. The van der Waals surface area contributed by atoms with Gasteiger partial charge in [-0.2, -0.15) is 0 Å². The first-order chi connectivity index (χ1) is 13.6. The number of carbonyl (C=O) groups excluding carboxylic acids is 2. The van der Waals surface area contributed by atoms with Crippen LogP contribution in [0.2, 0.25) is 0 Å². The van der Waals surface area contributed by atoms with Crippen LogP contribution in [0.25, 0.3) is 17.0 Å². The van der Waals surface area contributed by atoms with Gasteiger partial charge in [-0.3, -0.25) is 4.79 Å². The van der Waals surface area contributed by atoms with Crippen molar-refractivity contribution < 1.29 is 19.1 Å². The van der Waals surface area contributed by atoms with Gasteiger partial charge in [0.1, 0.15) is 11.8 Å². The molecule has 28 heavy (non-hydrogen) atoms. The summed E-state index contributed by atoms with van der Waals surface area (Å²) in [6, 6.07) is 14.3. The van der Waals surface area contributed by atoms with Crippen LogP contribution in [0, 0.1) is 0 Å². The highest BCUT2D eigenvalue weighted by atomic mass is 16.5. The average molecular weight is 378 g/mol. The number of H-pyrrole nitrogens is 1. The molecule has 0 spiro atoms. The van der Waals surface area contributed by atoms with E-state index in [1.54, 1.807) is 13.2 Å². The molecule has 1 unspecified atom stereocenters. The van der Waals surface area contributed by atoms with Crippen molar-refractivity contribution in [2.45, 2.75) is 12.5 Å². The standard InChI is InChI=1S/C22H22N2O4/c1-27-17-7-5-6-15(12-17)10-11-21(25)24-20(22(26)28-2)13-16-14-23-19-9-4-3-8-18(16)19/h3-12,14,20,23H,13H2,1-2H3,(H,24,25)/b11-10+. The fourth-order valence-electron chi connectivity index (χ4n) is 2.99. The van der Waals surface area contributed by atoms with Gasteiger partial charge in [-0.25, -0.2) is 4.79 Å². The van der Waals surface area contributed by atoms with Crippen LogP contribution in [0.4, 0.5) is 0 Å². The van der Waals surface area contributed by atoms with E-state index in [-0.39, 0.29) is 5.91 Å². The average Bonchev–Trinajstić information content (AvgIpc) is 3.14. The minimum absolute atomic E-state index is 0.329. The molecule has 1 atom stereocenters. The van der Waals surface area contributed by atoms with Crippen molar-refractivity contribution in [2.24, 2.45) is 0 Å². The van der Waals surface area contributed by atoms with E-state index >= 15 is 0 Å². The highest BCUT2D eigenvalue weighted by Crippen LogP contribution is 2.19. The van der Waals surface area contributed by atoms with Gasteiger partial charge in [0.2, 0.25) is 5.91 Å². The molecule has 0 fully saturated rings. The number of rotatable bonds is 7. The van der Waals surface area contributed by atoms with Crippen molar-refractivity contribution in [2.75, 3.05) is 14.2 Å². The zero-order valence-corrected chi connectivity index (χ0v) is 15.8. The number of ether oxygens (including phenoxy) is 2. The lowest BCUT2D eigenvalue weighted by Crippen LogP contribution is -2.42. The highest BCUT2D eigenvalue weighted by molar-refractivity contribution is 5.95. The summed E-state index contributed by atoms with van der Waals surface area (Å²) in [6.07, 6.45) is 5.23. The Balaban J connectivity index is 1.72. The maximum Gasteiger partial charge on any atom is 0.328 e. The van der Waals surface area contributed by atoms with Crippen LogP contribution in [-0.4, -0.2) is 37.1 Å². The second kappa shape index (κ2) is 8.90. The Morgan fingerprint density at radius 3 is 2.75 bits per heavy atom. The maximum atomic E-state index is 12.3. The van der Waals surface area contributed by atoms with Gasteiger partial charge in [0.05, 0.1) is 14.2 Å². The molecule has 0 aliphatic rings. The third kappa shape index (κ3) is 4.59. The van der Waals surface area contributed by atoms with Crippen LogP contribution < -0.4 is 10.1 Å². The molecule has 2 N–H and O–H groups in total. The molecule has 0 aliphatic heterocycles. The number of fused-ring (bicyclic) bond motifs is 1. The topological polar surface area (TPSA) is 80.4 Å². The molecule has 0 aliphatic carbocycles. The minimum atomic E-state index is -0.785. The van der Waals surface area contributed by atoms with Gasteiger partial charge in [0.15, 0.2) is 0 Å². The third-order valence-corrected chi connectivity index (χ3v) is 4.42. The first-order valence-corrected chi connectivity index (χ1v) is 8.86. The summed E-state index contributed by atoms with van der Waals surface area (Å²) in [5.74, 6) is -0.166. The minimum Gasteiger partial charge on any atom is -0.497 e. The van der Waals surface area contributed by atoms with E-state index < -0.39 is 12.0 Å². The summed E-state index contributed by atoms with van der Waals surface area (Å²) < 4.78 is 10.0. The van der Waals surface area contributed by atoms with Crippen molar-refractivity contribution in [3.8, 4) is 5.75 Å². The first kappa shape index (κ1) is 19.2. The van der Waals surface area contributed by atoms with Gasteiger partial charge in [0.25, 0.3) is 0 Å². The van der Waals surface area contributed by atoms with E-state index in [1.807, 2.05) is 54.7 Å². The summed E-state index contributed by atoms with van der Waals surface area (Å²) in [6.45, 7) is 0. The molecule has 0 bridgehead atoms. The molecular weight excluding hydrogens is 356 g/mol. The normalized spacial score (nSPS) is 12.1. The number of amides is 1. The Hall–Kier alpha value is -3.54. The van der Waals surface area contributed by atoms with Crippen molar-refractivity contribution >= 4 is 28.9 Å². The van der Waals surface area contributed by atoms with E-state index in [2.05, 4.69) is 10.3 Å². The number of aromatic amines is 1. The number of nitrogens with one attached hydrogen (secondary N) is 2. The first-order valence-electron chi connectivity index (χ1n) is 8.86. The van der Waals surface area contributed by atoms with Gasteiger partial charge >= 0.3 is 5.97 Å². The molecule has 3 aromatic rings. The van der Waals surface area contributed by atoms with Crippen LogP contribution in [0.15, 0.2) is 60.8 Å². The molecule has 1 amide bonds. The van der Waals surface area contributed by atoms with E-state index in [1.165, 1.54) is 13.2 Å². The molecule has 6 heteroatoms. The van der Waals surface area contributed by atoms with E-state index in [0.717, 1.165) is 22.0 Å². The van der Waals surface area contributed by atoms with Crippen molar-refractivity contribution in [3.05, 3.63) is 71.9 Å². The van der Waals surface area contributed by atoms with E-state index in [0.29, 0.717) is 12.2 Å². The molecule has 6 nitrogen and oxygen atoms in total. The van der Waals surface area contributed by atoms with Crippen molar-refractivity contribution in [1.82, 2.24) is 10.3 Å². The lowest BCUT2D eigenvalue weighted by atomic mass is 10.0. The molecule has 0 saturated heterocycles. The summed E-state index contributed by atoms with van der Waals surface area (Å²) in [4.78, 5) is 27.7. The number of hydrogen-bond donors (Lipinski definition) is 2. The Kier molecular flexibility index (Phi) is 6.11. The van der Waals surface area contributed by atoms with Gasteiger partial charge in [-0.1, -0.05) is 30.3 Å². The van der Waals surface area contributed by atoms with Crippen LogP contribution in [0.1, 0.15) is 11.1 Å². The third-order valence-electron chi connectivity index (χ3n) is 4.42. The zero-order valence-electron chi connectivity index (χ0n) is 15.8. The van der Waals surface area contributed by atoms with Crippen molar-refractivity contribution in [3.63, 3.8) is 0 Å². The second-order valence-corrected chi connectivity index (χ2v) is 6.26. The summed E-state index contributed by atoms with van der Waals surface area (Å²) >= 11 is 0. The lowest BCUT2D eigenvalue weighted by Gasteiger charge is -2.15. The molecule has 0 radical (unpaired) electrons. The quantitative estimate of drug-likeness (QED) is 0.489. The van der Waals surface area contributed by atoms with Gasteiger partial charge < -0.3 is 19.8 Å². The van der Waals surface area contributed by atoms with Gasteiger partial charge in [0, 0.05) is 29.6 Å². The smallest absolute Gasteiger partial charge is 0.328 e. The predicted octanol–water partition coefficient (Wildman–Crippen LogP) is 3.09. The SMILES string of the molecule is COC(=O)C(Cc1c[nH]c2ccccc12)NC(=O)/C=C/c1cccc(OC)c1. The van der Waals surface area contributed by atoms with E-state index in [9.17, 15) is 9.59 Å². The van der Waals surface area contributed by atoms with Crippen LogP contribution >= 0.6 is 0 Å².